The molecule has 18 heavy (non-hydrogen) atoms. The molecule has 0 aromatic heterocycles. The maximum absolute atomic E-state index is 11.6. The van der Waals surface area contributed by atoms with Crippen molar-refractivity contribution in [2.24, 2.45) is 17.3 Å². The molecule has 2 N–H and O–H groups in total. The Kier molecular flexibility index (Phi) is 6.13. The van der Waals surface area contributed by atoms with E-state index in [-0.39, 0.29) is 6.61 Å². The molecule has 106 valence electrons. The number of carbonyl (C=O) groups is 1. The maximum atomic E-state index is 11.6. The zero-order valence-corrected chi connectivity index (χ0v) is 11.8. The number of aliphatic hydroxyl groups excluding tert-OH is 1. The van der Waals surface area contributed by atoms with E-state index in [9.17, 15) is 9.90 Å². The molecule has 0 bridgehead atoms. The second-order valence-corrected chi connectivity index (χ2v) is 6.20. The van der Waals surface area contributed by atoms with Crippen molar-refractivity contribution in [2.75, 3.05) is 6.61 Å². The van der Waals surface area contributed by atoms with Crippen molar-refractivity contribution in [2.45, 2.75) is 65.2 Å². The van der Waals surface area contributed by atoms with Crippen molar-refractivity contribution >= 4 is 5.97 Å². The van der Waals surface area contributed by atoms with Gasteiger partial charge < -0.3 is 10.2 Å². The largest absolute Gasteiger partial charge is 0.481 e. The van der Waals surface area contributed by atoms with Crippen molar-refractivity contribution in [3.63, 3.8) is 0 Å². The molecule has 0 heterocycles. The highest BCUT2D eigenvalue weighted by molar-refractivity contribution is 5.74. The van der Waals surface area contributed by atoms with Gasteiger partial charge in [0.05, 0.1) is 5.41 Å². The standard InChI is InChI=1S/C15H28O3/c1-12(2)13-6-9-15(10-7-13,14(17)18)8-4-3-5-11-16/h12-13,16H,3-11H2,1-2H3,(H,17,18). The van der Waals surface area contributed by atoms with E-state index in [1.54, 1.807) is 0 Å². The first-order valence-electron chi connectivity index (χ1n) is 7.36. The average molecular weight is 256 g/mol. The molecule has 1 fully saturated rings. The van der Waals surface area contributed by atoms with Crippen LogP contribution in [0.25, 0.3) is 0 Å². The van der Waals surface area contributed by atoms with Crippen LogP contribution in [0, 0.1) is 17.3 Å². The van der Waals surface area contributed by atoms with Gasteiger partial charge in [0.25, 0.3) is 0 Å². The van der Waals surface area contributed by atoms with Gasteiger partial charge in [-0.15, -0.1) is 0 Å². The van der Waals surface area contributed by atoms with E-state index < -0.39 is 11.4 Å². The molecule has 0 aliphatic heterocycles. The molecule has 1 aliphatic carbocycles. The van der Waals surface area contributed by atoms with E-state index in [2.05, 4.69) is 13.8 Å². The van der Waals surface area contributed by atoms with Crippen LogP contribution in [0.5, 0.6) is 0 Å². The second-order valence-electron chi connectivity index (χ2n) is 6.20. The fourth-order valence-corrected chi connectivity index (χ4v) is 3.18. The minimum atomic E-state index is -0.603. The van der Waals surface area contributed by atoms with E-state index in [1.807, 2.05) is 0 Å². The molecule has 3 heteroatoms. The van der Waals surface area contributed by atoms with Crippen LogP contribution in [0.3, 0.4) is 0 Å². The summed E-state index contributed by atoms with van der Waals surface area (Å²) in [7, 11) is 0. The number of hydrogen-bond donors (Lipinski definition) is 2. The summed E-state index contributed by atoms with van der Waals surface area (Å²) in [5.74, 6) is 0.773. The number of aliphatic hydroxyl groups is 1. The van der Waals surface area contributed by atoms with E-state index in [0.717, 1.165) is 51.4 Å². The Bertz CT molecular complexity index is 252. The van der Waals surface area contributed by atoms with Crippen molar-refractivity contribution in [1.29, 1.82) is 0 Å². The lowest BCUT2D eigenvalue weighted by atomic mass is 9.66. The van der Waals surface area contributed by atoms with Gasteiger partial charge in [0, 0.05) is 6.61 Å². The highest BCUT2D eigenvalue weighted by Gasteiger charge is 2.41. The number of aliphatic carboxylic acids is 1. The number of hydrogen-bond acceptors (Lipinski definition) is 2. The quantitative estimate of drug-likeness (QED) is 0.686. The van der Waals surface area contributed by atoms with E-state index >= 15 is 0 Å². The van der Waals surface area contributed by atoms with Crippen molar-refractivity contribution in [3.8, 4) is 0 Å². The highest BCUT2D eigenvalue weighted by atomic mass is 16.4. The first-order chi connectivity index (χ1) is 8.52. The third-order valence-corrected chi connectivity index (χ3v) is 4.70. The molecule has 0 amide bonds. The maximum Gasteiger partial charge on any atom is 0.309 e. The van der Waals surface area contributed by atoms with Gasteiger partial charge in [-0.05, 0) is 50.4 Å². The Hall–Kier alpha value is -0.570. The third-order valence-electron chi connectivity index (χ3n) is 4.70. The van der Waals surface area contributed by atoms with Gasteiger partial charge >= 0.3 is 5.97 Å². The predicted octanol–water partition coefficient (Wildman–Crippen LogP) is 3.46. The molecule has 0 atom stereocenters. The summed E-state index contributed by atoms with van der Waals surface area (Å²) < 4.78 is 0. The Morgan fingerprint density at radius 1 is 1.22 bits per heavy atom. The van der Waals surface area contributed by atoms with Gasteiger partial charge in [-0.1, -0.05) is 26.7 Å². The van der Waals surface area contributed by atoms with E-state index in [4.69, 9.17) is 5.11 Å². The summed E-state index contributed by atoms with van der Waals surface area (Å²) in [6.45, 7) is 4.69. The Morgan fingerprint density at radius 2 is 1.83 bits per heavy atom. The monoisotopic (exact) mass is 256 g/mol. The number of carboxylic acid groups (broad SMARTS) is 1. The van der Waals surface area contributed by atoms with Gasteiger partial charge in [-0.25, -0.2) is 0 Å². The normalized spacial score (nSPS) is 28.6. The molecule has 0 radical (unpaired) electrons. The molecule has 0 saturated heterocycles. The van der Waals surface area contributed by atoms with Gasteiger partial charge in [0.15, 0.2) is 0 Å². The lowest BCUT2D eigenvalue weighted by Crippen LogP contribution is -2.36. The Labute approximate surface area is 111 Å². The fourth-order valence-electron chi connectivity index (χ4n) is 3.18. The van der Waals surface area contributed by atoms with Crippen LogP contribution in [0.1, 0.15) is 65.2 Å². The van der Waals surface area contributed by atoms with E-state index in [1.165, 1.54) is 0 Å². The zero-order valence-electron chi connectivity index (χ0n) is 11.8. The fraction of sp³-hybridized carbons (Fsp3) is 0.933. The molecule has 0 spiro atoms. The Balaban J connectivity index is 2.48. The summed E-state index contributed by atoms with van der Waals surface area (Å²) in [5.41, 5.74) is -0.471. The van der Waals surface area contributed by atoms with Crippen LogP contribution in [0.15, 0.2) is 0 Å². The van der Waals surface area contributed by atoms with Crippen LogP contribution in [0.4, 0.5) is 0 Å². The van der Waals surface area contributed by atoms with Gasteiger partial charge in [0.2, 0.25) is 0 Å². The lowest BCUT2D eigenvalue weighted by Gasteiger charge is -2.38. The van der Waals surface area contributed by atoms with Gasteiger partial charge in [-0.3, -0.25) is 4.79 Å². The number of carboxylic acids is 1. The van der Waals surface area contributed by atoms with Crippen LogP contribution < -0.4 is 0 Å². The molecule has 0 unspecified atom stereocenters. The number of unbranched alkanes of at least 4 members (excludes halogenated alkanes) is 2. The van der Waals surface area contributed by atoms with Crippen molar-refractivity contribution in [1.82, 2.24) is 0 Å². The topological polar surface area (TPSA) is 57.5 Å². The van der Waals surface area contributed by atoms with Crippen LogP contribution in [0.2, 0.25) is 0 Å². The summed E-state index contributed by atoms with van der Waals surface area (Å²) >= 11 is 0. The molecular weight excluding hydrogens is 228 g/mol. The highest BCUT2D eigenvalue weighted by Crippen LogP contribution is 2.44. The minimum absolute atomic E-state index is 0.218. The minimum Gasteiger partial charge on any atom is -0.481 e. The van der Waals surface area contributed by atoms with Crippen LogP contribution in [-0.4, -0.2) is 22.8 Å². The molecular formula is C15H28O3. The van der Waals surface area contributed by atoms with Gasteiger partial charge in [-0.2, -0.15) is 0 Å². The second kappa shape index (κ2) is 7.13. The van der Waals surface area contributed by atoms with Crippen LogP contribution in [-0.2, 0) is 4.79 Å². The Morgan fingerprint density at radius 3 is 2.28 bits per heavy atom. The number of rotatable bonds is 7. The zero-order chi connectivity index (χ0) is 13.6. The molecule has 0 aromatic rings. The van der Waals surface area contributed by atoms with E-state index in [0.29, 0.717) is 11.8 Å². The molecule has 0 aromatic carbocycles. The third kappa shape index (κ3) is 3.98. The van der Waals surface area contributed by atoms with Gasteiger partial charge in [0.1, 0.15) is 0 Å². The summed E-state index contributed by atoms with van der Waals surface area (Å²) in [5, 5.41) is 18.3. The van der Waals surface area contributed by atoms with Crippen LogP contribution >= 0.6 is 0 Å². The predicted molar refractivity (Wildman–Crippen MR) is 72.4 cm³/mol. The van der Waals surface area contributed by atoms with Crippen molar-refractivity contribution < 1.29 is 15.0 Å². The summed E-state index contributed by atoms with van der Waals surface area (Å²) in [6.07, 6.45) is 7.25. The summed E-state index contributed by atoms with van der Waals surface area (Å²) in [6, 6.07) is 0. The molecule has 1 aliphatic rings. The SMILES string of the molecule is CC(C)C1CCC(CCCCCO)(C(=O)O)CC1. The molecule has 1 saturated carbocycles. The molecule has 3 nitrogen and oxygen atoms in total. The molecule has 1 rings (SSSR count). The first-order valence-corrected chi connectivity index (χ1v) is 7.36. The smallest absolute Gasteiger partial charge is 0.309 e. The lowest BCUT2D eigenvalue weighted by molar-refractivity contribution is -0.152. The summed E-state index contributed by atoms with van der Waals surface area (Å²) in [4.78, 5) is 11.6. The average Bonchev–Trinajstić information content (AvgIpc) is 2.35. The van der Waals surface area contributed by atoms with Crippen molar-refractivity contribution in [3.05, 3.63) is 0 Å². The first kappa shape index (κ1) is 15.5.